The van der Waals surface area contributed by atoms with Crippen molar-refractivity contribution >= 4 is 11.6 Å². The van der Waals surface area contributed by atoms with E-state index >= 15 is 0 Å². The van der Waals surface area contributed by atoms with Gasteiger partial charge in [0, 0.05) is 11.1 Å². The van der Waals surface area contributed by atoms with Gasteiger partial charge in [0.15, 0.2) is 11.3 Å². The largest absolute Gasteiger partial charge is 0.496 e. The molecule has 2 aromatic heterocycles. The maximum atomic E-state index is 11.7. The first kappa shape index (κ1) is 16.8. The molecule has 0 amide bonds. The van der Waals surface area contributed by atoms with Crippen LogP contribution in [0.25, 0.3) is 28.0 Å². The quantitative estimate of drug-likeness (QED) is 0.594. The van der Waals surface area contributed by atoms with Crippen LogP contribution in [0.1, 0.15) is 16.2 Å². The molecule has 4 rings (SSSR count). The summed E-state index contributed by atoms with van der Waals surface area (Å²) < 4.78 is 7.14. The average Bonchev–Trinajstić information content (AvgIpc) is 3.03. The van der Waals surface area contributed by atoms with E-state index < -0.39 is 5.97 Å². The van der Waals surface area contributed by atoms with Gasteiger partial charge in [0.25, 0.3) is 0 Å². The van der Waals surface area contributed by atoms with Gasteiger partial charge in [0.1, 0.15) is 5.75 Å². The van der Waals surface area contributed by atoms with E-state index in [4.69, 9.17) is 4.74 Å². The number of aryl methyl sites for hydroxylation is 1. The Morgan fingerprint density at radius 2 is 1.78 bits per heavy atom. The Labute approximate surface area is 155 Å². The van der Waals surface area contributed by atoms with Crippen molar-refractivity contribution in [2.45, 2.75) is 6.92 Å². The lowest BCUT2D eigenvalue weighted by molar-refractivity contribution is 0.0690. The first-order valence-corrected chi connectivity index (χ1v) is 8.42. The molecule has 0 radical (unpaired) electrons. The van der Waals surface area contributed by atoms with Crippen LogP contribution in [-0.2, 0) is 0 Å². The minimum absolute atomic E-state index is 0.0412. The summed E-state index contributed by atoms with van der Waals surface area (Å²) in [5.74, 6) is -0.456. The van der Waals surface area contributed by atoms with Crippen LogP contribution in [0.2, 0.25) is 0 Å². The molecule has 2 heterocycles. The Morgan fingerprint density at radius 3 is 2.48 bits per heavy atom. The van der Waals surface area contributed by atoms with Crippen LogP contribution in [-0.4, -0.2) is 32.8 Å². The number of carbonyl (C=O) groups is 1. The van der Waals surface area contributed by atoms with Crippen LogP contribution < -0.4 is 4.74 Å². The maximum Gasteiger partial charge on any atom is 0.354 e. The van der Waals surface area contributed by atoms with E-state index in [1.807, 2.05) is 61.5 Å². The van der Waals surface area contributed by atoms with Crippen molar-refractivity contribution in [1.29, 1.82) is 0 Å². The number of fused-ring (bicyclic) bond motifs is 1. The van der Waals surface area contributed by atoms with Crippen LogP contribution >= 0.6 is 0 Å². The normalized spacial score (nSPS) is 10.9. The van der Waals surface area contributed by atoms with Gasteiger partial charge >= 0.3 is 5.97 Å². The summed E-state index contributed by atoms with van der Waals surface area (Å²) in [7, 11) is 1.58. The zero-order valence-electron chi connectivity index (χ0n) is 14.9. The number of ether oxygens (including phenoxy) is 1. The molecule has 0 unspecified atom stereocenters. The van der Waals surface area contributed by atoms with E-state index in [1.54, 1.807) is 11.6 Å². The highest BCUT2D eigenvalue weighted by Crippen LogP contribution is 2.34. The highest BCUT2D eigenvalue weighted by molar-refractivity contribution is 5.90. The number of carboxylic acid groups (broad SMARTS) is 1. The van der Waals surface area contributed by atoms with Gasteiger partial charge in [-0.15, -0.1) is 0 Å². The molecule has 0 aliphatic heterocycles. The van der Waals surface area contributed by atoms with E-state index in [1.165, 1.54) is 6.07 Å². The van der Waals surface area contributed by atoms with Crippen molar-refractivity contribution < 1.29 is 14.6 Å². The van der Waals surface area contributed by atoms with Gasteiger partial charge in [-0.2, -0.15) is 5.10 Å². The van der Waals surface area contributed by atoms with Gasteiger partial charge in [-0.3, -0.25) is 0 Å². The van der Waals surface area contributed by atoms with Gasteiger partial charge in [0.2, 0.25) is 0 Å². The fraction of sp³-hybridized carbons (Fsp3) is 0.0952. The number of para-hydroxylation sites is 1. The lowest BCUT2D eigenvalue weighted by atomic mass is 10.1. The first-order chi connectivity index (χ1) is 13.1. The predicted octanol–water partition coefficient (Wildman–Crippen LogP) is 4.08. The summed E-state index contributed by atoms with van der Waals surface area (Å²) in [6.07, 6.45) is 0. The topological polar surface area (TPSA) is 76.7 Å². The molecule has 0 fully saturated rings. The van der Waals surface area contributed by atoms with Gasteiger partial charge < -0.3 is 9.84 Å². The summed E-state index contributed by atoms with van der Waals surface area (Å²) in [5.41, 5.74) is 4.34. The number of hydrogen-bond acceptors (Lipinski definition) is 4. The van der Waals surface area contributed by atoms with Crippen molar-refractivity contribution in [2.24, 2.45) is 0 Å². The van der Waals surface area contributed by atoms with E-state index in [2.05, 4.69) is 10.1 Å². The second-order valence-electron chi connectivity index (χ2n) is 6.09. The Hall–Kier alpha value is -3.67. The summed E-state index contributed by atoms with van der Waals surface area (Å²) in [4.78, 5) is 16.1. The molecule has 4 aromatic rings. The minimum Gasteiger partial charge on any atom is -0.496 e. The number of benzene rings is 2. The number of rotatable bonds is 4. The van der Waals surface area contributed by atoms with Crippen molar-refractivity contribution in [1.82, 2.24) is 14.6 Å². The monoisotopic (exact) mass is 359 g/mol. The highest BCUT2D eigenvalue weighted by atomic mass is 16.5. The lowest BCUT2D eigenvalue weighted by Crippen LogP contribution is -2.06. The number of hydrogen-bond donors (Lipinski definition) is 1. The number of methoxy groups -OCH3 is 1. The summed E-state index contributed by atoms with van der Waals surface area (Å²) in [5, 5.41) is 14.2. The van der Waals surface area contributed by atoms with Crippen molar-refractivity contribution in [3.05, 3.63) is 72.1 Å². The Morgan fingerprint density at radius 1 is 1.07 bits per heavy atom. The standard InChI is InChI=1S/C21H17N3O3/c1-13-19(14-8-4-3-5-9-14)20-22-16(21(25)26)12-17(24(20)23-13)15-10-6-7-11-18(15)27-2/h3-12H,1-2H3,(H,25,26). The predicted molar refractivity (Wildman–Crippen MR) is 102 cm³/mol. The molecule has 6 heteroatoms. The van der Waals surface area contributed by atoms with Gasteiger partial charge in [-0.1, -0.05) is 42.5 Å². The third-order valence-electron chi connectivity index (χ3n) is 4.43. The SMILES string of the molecule is COc1ccccc1-c1cc(C(=O)O)nc2c(-c3ccccc3)c(C)nn12. The second-order valence-corrected chi connectivity index (χ2v) is 6.09. The number of nitrogens with zero attached hydrogens (tertiary/aromatic N) is 3. The molecular formula is C21H17N3O3. The Balaban J connectivity index is 2.10. The Kier molecular flexibility index (Phi) is 4.08. The van der Waals surface area contributed by atoms with E-state index in [0.29, 0.717) is 17.1 Å². The summed E-state index contributed by atoms with van der Waals surface area (Å²) in [6, 6.07) is 18.7. The van der Waals surface area contributed by atoms with Crippen LogP contribution in [0, 0.1) is 6.92 Å². The molecule has 0 aliphatic rings. The smallest absolute Gasteiger partial charge is 0.354 e. The molecule has 0 spiro atoms. The number of carboxylic acids is 1. The highest BCUT2D eigenvalue weighted by Gasteiger charge is 2.20. The number of aromatic nitrogens is 3. The third kappa shape index (κ3) is 2.81. The number of aromatic carboxylic acids is 1. The van der Waals surface area contributed by atoms with Crippen molar-refractivity contribution in [3.63, 3.8) is 0 Å². The third-order valence-corrected chi connectivity index (χ3v) is 4.43. The molecule has 0 bridgehead atoms. The zero-order valence-corrected chi connectivity index (χ0v) is 14.9. The van der Waals surface area contributed by atoms with Crippen LogP contribution in [0.4, 0.5) is 0 Å². The molecule has 0 aliphatic carbocycles. The molecule has 0 saturated carbocycles. The zero-order chi connectivity index (χ0) is 19.0. The molecule has 134 valence electrons. The molecule has 0 atom stereocenters. The fourth-order valence-corrected chi connectivity index (χ4v) is 3.22. The Bertz CT molecular complexity index is 1150. The van der Waals surface area contributed by atoms with Crippen LogP contribution in [0.15, 0.2) is 60.7 Å². The maximum absolute atomic E-state index is 11.7. The molecule has 1 N–H and O–H groups in total. The van der Waals surface area contributed by atoms with Crippen LogP contribution in [0.5, 0.6) is 5.75 Å². The lowest BCUT2D eigenvalue weighted by Gasteiger charge is -2.11. The van der Waals surface area contributed by atoms with Crippen molar-refractivity contribution in [3.8, 4) is 28.1 Å². The molecule has 27 heavy (non-hydrogen) atoms. The molecular weight excluding hydrogens is 342 g/mol. The van der Waals surface area contributed by atoms with E-state index in [9.17, 15) is 9.90 Å². The van der Waals surface area contributed by atoms with E-state index in [0.717, 1.165) is 22.4 Å². The summed E-state index contributed by atoms with van der Waals surface area (Å²) in [6.45, 7) is 1.89. The summed E-state index contributed by atoms with van der Waals surface area (Å²) >= 11 is 0. The molecule has 0 saturated heterocycles. The molecule has 2 aromatic carbocycles. The van der Waals surface area contributed by atoms with Gasteiger partial charge in [-0.25, -0.2) is 14.3 Å². The first-order valence-electron chi connectivity index (χ1n) is 8.42. The van der Waals surface area contributed by atoms with Gasteiger partial charge in [0.05, 0.1) is 18.5 Å². The van der Waals surface area contributed by atoms with Crippen LogP contribution in [0.3, 0.4) is 0 Å². The molecule has 6 nitrogen and oxygen atoms in total. The average molecular weight is 359 g/mol. The van der Waals surface area contributed by atoms with Gasteiger partial charge in [-0.05, 0) is 30.7 Å². The fourth-order valence-electron chi connectivity index (χ4n) is 3.22. The van der Waals surface area contributed by atoms with Crippen molar-refractivity contribution in [2.75, 3.05) is 7.11 Å². The van der Waals surface area contributed by atoms with E-state index in [-0.39, 0.29) is 5.69 Å². The second kappa shape index (κ2) is 6.57. The minimum atomic E-state index is -1.09.